The summed E-state index contributed by atoms with van der Waals surface area (Å²) in [7, 11) is 0. The summed E-state index contributed by atoms with van der Waals surface area (Å²) in [5.74, 6) is 0.748. The molecule has 0 heterocycles. The number of nitrogens with one attached hydrogen (secondary N) is 1. The number of carbonyl (C=O) groups is 1. The van der Waals surface area contributed by atoms with Crippen LogP contribution in [0.25, 0.3) is 0 Å². The second kappa shape index (κ2) is 9.04. The van der Waals surface area contributed by atoms with E-state index in [9.17, 15) is 4.79 Å². The Kier molecular flexibility index (Phi) is 7.06. The average molecular weight is 333 g/mol. The Labute approximate surface area is 145 Å². The van der Waals surface area contributed by atoms with Gasteiger partial charge in [0.05, 0.1) is 5.54 Å². The molecule has 1 fully saturated rings. The van der Waals surface area contributed by atoms with E-state index in [1.807, 2.05) is 24.3 Å². The van der Waals surface area contributed by atoms with Crippen LogP contribution < -0.4 is 15.8 Å². The van der Waals surface area contributed by atoms with Gasteiger partial charge >= 0.3 is 0 Å². The molecule has 0 aliphatic heterocycles. The number of hydrogen-bond donors (Lipinski definition) is 2. The molecule has 5 nitrogen and oxygen atoms in total. The first kappa shape index (κ1) is 18.7. The van der Waals surface area contributed by atoms with Crippen LogP contribution in [0.4, 0.5) is 5.69 Å². The summed E-state index contributed by atoms with van der Waals surface area (Å²) < 4.78 is 5.76. The number of carbonyl (C=O) groups excluding carboxylic acids is 1. The van der Waals surface area contributed by atoms with Crippen molar-refractivity contribution in [1.82, 2.24) is 4.90 Å². The van der Waals surface area contributed by atoms with Crippen molar-refractivity contribution in [1.29, 1.82) is 0 Å². The van der Waals surface area contributed by atoms with Crippen LogP contribution in [0.5, 0.6) is 5.75 Å². The SMILES string of the molecule is CCN(CC)CCOc1ccc(NC(=O)C2(N)CCCCC2)cc1. The van der Waals surface area contributed by atoms with E-state index in [1.54, 1.807) is 0 Å². The van der Waals surface area contributed by atoms with Crippen molar-refractivity contribution in [2.24, 2.45) is 5.73 Å². The smallest absolute Gasteiger partial charge is 0.244 e. The van der Waals surface area contributed by atoms with Crippen molar-refractivity contribution in [2.75, 3.05) is 31.6 Å². The number of amides is 1. The molecule has 24 heavy (non-hydrogen) atoms. The third-order valence-electron chi connectivity index (χ3n) is 4.88. The highest BCUT2D eigenvalue weighted by Crippen LogP contribution is 2.27. The van der Waals surface area contributed by atoms with Gasteiger partial charge in [0.1, 0.15) is 12.4 Å². The number of hydrogen-bond acceptors (Lipinski definition) is 4. The van der Waals surface area contributed by atoms with Gasteiger partial charge in [-0.15, -0.1) is 0 Å². The highest BCUT2D eigenvalue weighted by Gasteiger charge is 2.35. The topological polar surface area (TPSA) is 67.6 Å². The first-order valence-electron chi connectivity index (χ1n) is 9.13. The van der Waals surface area contributed by atoms with Crippen molar-refractivity contribution in [3.05, 3.63) is 24.3 Å². The van der Waals surface area contributed by atoms with E-state index < -0.39 is 5.54 Å². The molecule has 0 radical (unpaired) electrons. The minimum absolute atomic E-state index is 0.0719. The Morgan fingerprint density at radius 2 is 1.79 bits per heavy atom. The van der Waals surface area contributed by atoms with E-state index in [-0.39, 0.29) is 5.91 Å². The second-order valence-electron chi connectivity index (χ2n) is 6.57. The maximum Gasteiger partial charge on any atom is 0.244 e. The van der Waals surface area contributed by atoms with Gasteiger partial charge in [0.2, 0.25) is 5.91 Å². The zero-order valence-corrected chi connectivity index (χ0v) is 15.0. The molecular weight excluding hydrogens is 302 g/mol. The Morgan fingerprint density at radius 1 is 1.17 bits per heavy atom. The Hall–Kier alpha value is -1.59. The molecule has 0 atom stereocenters. The van der Waals surface area contributed by atoms with Crippen LogP contribution in [0.2, 0.25) is 0 Å². The molecule has 5 heteroatoms. The van der Waals surface area contributed by atoms with Gasteiger partial charge in [-0.05, 0) is 50.2 Å². The lowest BCUT2D eigenvalue weighted by Crippen LogP contribution is -2.52. The number of nitrogens with zero attached hydrogens (tertiary/aromatic N) is 1. The maximum absolute atomic E-state index is 12.4. The van der Waals surface area contributed by atoms with Crippen molar-refractivity contribution < 1.29 is 9.53 Å². The molecule has 1 amide bonds. The van der Waals surface area contributed by atoms with E-state index >= 15 is 0 Å². The minimum Gasteiger partial charge on any atom is -0.492 e. The molecule has 1 aliphatic rings. The van der Waals surface area contributed by atoms with Crippen LogP contribution in [-0.2, 0) is 4.79 Å². The summed E-state index contributed by atoms with van der Waals surface area (Å²) in [6.45, 7) is 7.95. The lowest BCUT2D eigenvalue weighted by atomic mass is 9.82. The number of benzene rings is 1. The van der Waals surface area contributed by atoms with Crippen LogP contribution in [0.3, 0.4) is 0 Å². The average Bonchev–Trinajstić information content (AvgIpc) is 2.61. The summed E-state index contributed by atoms with van der Waals surface area (Å²) in [6, 6.07) is 7.53. The fourth-order valence-corrected chi connectivity index (χ4v) is 3.13. The standard InChI is InChI=1S/C19H31N3O2/c1-3-22(4-2)14-15-24-17-10-8-16(9-11-17)21-18(23)19(20)12-6-5-7-13-19/h8-11H,3-7,12-15,20H2,1-2H3,(H,21,23). The molecule has 134 valence electrons. The van der Waals surface area contributed by atoms with Crippen LogP contribution in [-0.4, -0.2) is 42.6 Å². The van der Waals surface area contributed by atoms with Gasteiger partial charge in [-0.25, -0.2) is 0 Å². The van der Waals surface area contributed by atoms with Gasteiger partial charge < -0.3 is 20.7 Å². The number of ether oxygens (including phenoxy) is 1. The number of rotatable bonds is 8. The molecule has 3 N–H and O–H groups in total. The molecule has 0 aromatic heterocycles. The Balaban J connectivity index is 1.82. The van der Waals surface area contributed by atoms with Crippen LogP contribution in [0, 0.1) is 0 Å². The number of likely N-dealkylation sites (N-methyl/N-ethyl adjacent to an activating group) is 1. The predicted molar refractivity (Wildman–Crippen MR) is 98.4 cm³/mol. The fraction of sp³-hybridized carbons (Fsp3) is 0.632. The lowest BCUT2D eigenvalue weighted by molar-refractivity contribution is -0.122. The van der Waals surface area contributed by atoms with E-state index in [0.29, 0.717) is 6.61 Å². The van der Waals surface area contributed by atoms with Gasteiger partial charge in [0, 0.05) is 12.2 Å². The van der Waals surface area contributed by atoms with Crippen molar-refractivity contribution in [3.63, 3.8) is 0 Å². The zero-order chi connectivity index (χ0) is 17.4. The first-order valence-corrected chi connectivity index (χ1v) is 9.13. The number of anilines is 1. The van der Waals surface area contributed by atoms with Gasteiger partial charge in [-0.2, -0.15) is 0 Å². The van der Waals surface area contributed by atoms with Gasteiger partial charge in [-0.3, -0.25) is 4.79 Å². The van der Waals surface area contributed by atoms with Crippen LogP contribution in [0.15, 0.2) is 24.3 Å². The number of nitrogens with two attached hydrogens (primary N) is 1. The molecule has 1 aromatic rings. The predicted octanol–water partition coefficient (Wildman–Crippen LogP) is 3.01. The highest BCUT2D eigenvalue weighted by atomic mass is 16.5. The van der Waals surface area contributed by atoms with Gasteiger partial charge in [-0.1, -0.05) is 33.1 Å². The third kappa shape index (κ3) is 5.21. The first-order chi connectivity index (χ1) is 11.6. The van der Waals surface area contributed by atoms with E-state index in [1.165, 1.54) is 6.42 Å². The molecule has 0 spiro atoms. The van der Waals surface area contributed by atoms with Gasteiger partial charge in [0.25, 0.3) is 0 Å². The summed E-state index contributed by atoms with van der Waals surface area (Å²) in [5.41, 5.74) is 6.32. The fourth-order valence-electron chi connectivity index (χ4n) is 3.13. The minimum atomic E-state index is -0.711. The molecule has 2 rings (SSSR count). The summed E-state index contributed by atoms with van der Waals surface area (Å²) in [4.78, 5) is 14.7. The normalized spacial score (nSPS) is 16.8. The Bertz CT molecular complexity index is 506. The quantitative estimate of drug-likeness (QED) is 0.767. The van der Waals surface area contributed by atoms with Gasteiger partial charge in [0.15, 0.2) is 0 Å². The molecule has 0 saturated heterocycles. The summed E-state index contributed by atoms with van der Waals surface area (Å²) >= 11 is 0. The van der Waals surface area contributed by atoms with Crippen molar-refractivity contribution in [2.45, 2.75) is 51.5 Å². The largest absolute Gasteiger partial charge is 0.492 e. The molecular formula is C19H31N3O2. The maximum atomic E-state index is 12.4. The molecule has 1 aliphatic carbocycles. The Morgan fingerprint density at radius 3 is 2.38 bits per heavy atom. The second-order valence-corrected chi connectivity index (χ2v) is 6.57. The summed E-state index contributed by atoms with van der Waals surface area (Å²) in [6.07, 6.45) is 4.77. The molecule has 1 aromatic carbocycles. The van der Waals surface area contributed by atoms with Crippen LogP contribution >= 0.6 is 0 Å². The summed E-state index contributed by atoms with van der Waals surface area (Å²) in [5, 5.41) is 2.94. The highest BCUT2D eigenvalue weighted by molar-refractivity contribution is 5.98. The van der Waals surface area contributed by atoms with E-state index in [4.69, 9.17) is 10.5 Å². The third-order valence-corrected chi connectivity index (χ3v) is 4.88. The van der Waals surface area contributed by atoms with Crippen molar-refractivity contribution >= 4 is 11.6 Å². The van der Waals surface area contributed by atoms with Crippen LogP contribution in [0.1, 0.15) is 46.0 Å². The molecule has 0 unspecified atom stereocenters. The zero-order valence-electron chi connectivity index (χ0n) is 15.0. The molecule has 0 bridgehead atoms. The van der Waals surface area contributed by atoms with Crippen molar-refractivity contribution in [3.8, 4) is 5.75 Å². The van der Waals surface area contributed by atoms with E-state index in [2.05, 4.69) is 24.1 Å². The monoisotopic (exact) mass is 333 g/mol. The van der Waals surface area contributed by atoms with E-state index in [0.717, 1.165) is 56.8 Å². The molecule has 1 saturated carbocycles. The lowest BCUT2D eigenvalue weighted by Gasteiger charge is -2.31.